The van der Waals surface area contributed by atoms with E-state index in [0.717, 1.165) is 0 Å². The lowest BCUT2D eigenvalue weighted by Gasteiger charge is -2.47. The Bertz CT molecular complexity index is 632. The van der Waals surface area contributed by atoms with Gasteiger partial charge >= 0.3 is 22.7 Å². The van der Waals surface area contributed by atoms with Gasteiger partial charge < -0.3 is 4.28 Å². The summed E-state index contributed by atoms with van der Waals surface area (Å²) in [5.41, 5.74) is 0. The molecule has 156 valence electrons. The Balaban J connectivity index is 3.45. The molecule has 0 saturated carbocycles. The minimum absolute atomic E-state index is 0.197. The summed E-state index contributed by atoms with van der Waals surface area (Å²) >= 11 is 0. The smallest absolute Gasteiger partial charge is 0.306 e. The molecule has 0 aromatic carbocycles. The van der Waals surface area contributed by atoms with Gasteiger partial charge in [-0.25, -0.2) is 8.42 Å². The molecule has 0 radical (unpaired) electrons. The molecule has 0 aromatic heterocycles. The van der Waals surface area contributed by atoms with Gasteiger partial charge in [-0.05, 0) is 12.8 Å². The minimum Gasteiger partial charge on any atom is -0.306 e. The van der Waals surface area contributed by atoms with E-state index >= 15 is 0 Å². The third-order valence-corrected chi connectivity index (χ3v) is 8.27. The Labute approximate surface area is 141 Å². The molecule has 1 fully saturated rings. The molecule has 0 amide bonds. The Morgan fingerprint density at radius 1 is 0.885 bits per heavy atom. The highest BCUT2D eigenvalue weighted by atomic mass is 32.3. The fourth-order valence-corrected chi connectivity index (χ4v) is 6.15. The van der Waals surface area contributed by atoms with E-state index in [-0.39, 0.29) is 19.3 Å². The summed E-state index contributed by atoms with van der Waals surface area (Å²) in [7, 11) is -12.0. The van der Waals surface area contributed by atoms with Crippen LogP contribution in [0.5, 0.6) is 0 Å². The average Bonchev–Trinajstić information content (AvgIpc) is 2.45. The quantitative estimate of drug-likeness (QED) is 0.279. The summed E-state index contributed by atoms with van der Waals surface area (Å²) in [6.45, 7) is 0. The van der Waals surface area contributed by atoms with Crippen LogP contribution in [0.3, 0.4) is 0 Å². The molecule has 1 saturated heterocycles. The van der Waals surface area contributed by atoms with Crippen LogP contribution in [0.1, 0.15) is 19.3 Å². The van der Waals surface area contributed by atoms with Crippen LogP contribution in [0, 0.1) is 4.91 Å². The number of hydrogen-bond acceptors (Lipinski definition) is 5. The Kier molecular flexibility index (Phi) is 6.11. The van der Waals surface area contributed by atoms with Gasteiger partial charge in [-0.15, -0.1) is 9.63 Å². The number of hydrogen-bond donors (Lipinski definition) is 1. The van der Waals surface area contributed by atoms with Crippen molar-refractivity contribution in [2.75, 3.05) is 11.5 Å². The molecule has 0 atom stereocenters. The van der Waals surface area contributed by atoms with E-state index in [1.165, 1.54) is 0 Å². The maximum absolute atomic E-state index is 14.3. The monoisotopic (exact) mass is 446 g/mol. The van der Waals surface area contributed by atoms with Gasteiger partial charge in [0.15, 0.2) is 5.34 Å². The van der Waals surface area contributed by atoms with E-state index in [4.69, 9.17) is 0 Å². The van der Waals surface area contributed by atoms with E-state index in [9.17, 15) is 52.8 Å². The highest BCUT2D eigenvalue weighted by Gasteiger charge is 2.83. The zero-order chi connectivity index (χ0) is 20.7. The number of nitrogens with one attached hydrogen (secondary N) is 1. The SMILES string of the molecule is O=NOS1(C(F)(F)C(F)(F)C(F)(F)S(=O)(=O)NC(F)(F)F)CCCCC1. The lowest BCUT2D eigenvalue weighted by molar-refractivity contribution is -0.246. The Hall–Kier alpha value is -0.970. The molecule has 0 spiro atoms. The van der Waals surface area contributed by atoms with Crippen LogP contribution >= 0.6 is 10.3 Å². The highest BCUT2D eigenvalue weighted by Crippen LogP contribution is 2.71. The summed E-state index contributed by atoms with van der Waals surface area (Å²) in [6, 6.07) is 0. The summed E-state index contributed by atoms with van der Waals surface area (Å²) in [4.78, 5) is 10.2. The molecule has 0 aliphatic carbocycles. The van der Waals surface area contributed by atoms with Crippen molar-refractivity contribution < 1.29 is 52.2 Å². The van der Waals surface area contributed by atoms with Crippen molar-refractivity contribution in [1.29, 1.82) is 0 Å². The topological polar surface area (TPSA) is 84.8 Å². The van der Waals surface area contributed by atoms with Crippen molar-refractivity contribution >= 4 is 20.3 Å². The second-order valence-corrected chi connectivity index (χ2v) is 9.97. The van der Waals surface area contributed by atoms with Crippen LogP contribution in [0.2, 0.25) is 0 Å². The molecule has 1 aliphatic heterocycles. The van der Waals surface area contributed by atoms with Gasteiger partial charge in [0, 0.05) is 21.8 Å². The molecule has 0 aromatic rings. The lowest BCUT2D eigenvalue weighted by Crippen LogP contribution is -2.63. The molecule has 0 bridgehead atoms. The van der Waals surface area contributed by atoms with Crippen LogP contribution in [0.4, 0.5) is 39.5 Å². The fourth-order valence-electron chi connectivity index (χ4n) is 2.17. The molecule has 6 nitrogen and oxygen atoms in total. The van der Waals surface area contributed by atoms with Gasteiger partial charge in [0.1, 0.15) is 0 Å². The first kappa shape index (κ1) is 23.1. The van der Waals surface area contributed by atoms with Crippen molar-refractivity contribution in [2.24, 2.45) is 5.34 Å². The lowest BCUT2D eigenvalue weighted by atomic mass is 10.3. The number of halogens is 9. The molecule has 1 N–H and O–H groups in total. The average molecular weight is 446 g/mol. The molecule has 1 rings (SSSR count). The third-order valence-electron chi connectivity index (χ3n) is 3.41. The third kappa shape index (κ3) is 3.69. The predicted molar refractivity (Wildman–Crippen MR) is 71.0 cm³/mol. The van der Waals surface area contributed by atoms with Crippen molar-refractivity contribution in [3.05, 3.63) is 4.91 Å². The van der Waals surface area contributed by atoms with E-state index in [0.29, 0.717) is 0 Å². The summed E-state index contributed by atoms with van der Waals surface area (Å²) in [5.74, 6) is -8.83. The van der Waals surface area contributed by atoms with E-state index in [2.05, 4.69) is 4.28 Å². The van der Waals surface area contributed by atoms with Crippen molar-refractivity contribution in [3.8, 4) is 0 Å². The van der Waals surface area contributed by atoms with Crippen LogP contribution in [-0.2, 0) is 14.3 Å². The standard InChI is InChI=1S/C9H11F9N2O4S2/c10-6(11,8(14,15)26(22,23)19-9(16,17)18)7(12,13)25(24-20-21)4-2-1-3-5-25/h19H,1-5H2. The van der Waals surface area contributed by atoms with Gasteiger partial charge in [0.2, 0.25) is 0 Å². The van der Waals surface area contributed by atoms with Gasteiger partial charge in [0.25, 0.3) is 10.0 Å². The van der Waals surface area contributed by atoms with E-state index in [1.54, 1.807) is 5.34 Å². The van der Waals surface area contributed by atoms with Crippen LogP contribution in [0.15, 0.2) is 5.34 Å². The van der Waals surface area contributed by atoms with Gasteiger partial charge in [-0.2, -0.15) is 39.5 Å². The maximum atomic E-state index is 14.3. The molecule has 0 unspecified atom stereocenters. The first-order valence-corrected chi connectivity index (χ1v) is 9.89. The molecule has 1 heterocycles. The molecule has 1 aliphatic rings. The van der Waals surface area contributed by atoms with Crippen molar-refractivity contribution in [2.45, 2.75) is 42.0 Å². The zero-order valence-electron chi connectivity index (χ0n) is 12.3. The Morgan fingerprint density at radius 3 is 1.73 bits per heavy atom. The molecule has 26 heavy (non-hydrogen) atoms. The number of sulfonamides is 1. The molecular formula is C9H11F9N2O4S2. The van der Waals surface area contributed by atoms with Crippen molar-refractivity contribution in [1.82, 2.24) is 4.72 Å². The summed E-state index contributed by atoms with van der Waals surface area (Å²) in [5, 5.41) is -11.3. The van der Waals surface area contributed by atoms with Crippen LogP contribution < -0.4 is 4.72 Å². The normalized spacial score (nSPS) is 21.1. The van der Waals surface area contributed by atoms with Gasteiger partial charge in [-0.1, -0.05) is 6.42 Å². The van der Waals surface area contributed by atoms with E-state index < -0.39 is 59.3 Å². The Morgan fingerprint density at radius 2 is 1.35 bits per heavy atom. The first-order chi connectivity index (χ1) is 11.5. The largest absolute Gasteiger partial charge is 0.470 e. The zero-order valence-corrected chi connectivity index (χ0v) is 14.0. The molecular weight excluding hydrogens is 435 g/mol. The first-order valence-electron chi connectivity index (χ1n) is 6.51. The number of alkyl halides is 9. The second kappa shape index (κ2) is 6.88. The fraction of sp³-hybridized carbons (Fsp3) is 1.00. The summed E-state index contributed by atoms with van der Waals surface area (Å²) < 4.78 is 145. The predicted octanol–water partition coefficient (Wildman–Crippen LogP) is 3.85. The van der Waals surface area contributed by atoms with Crippen LogP contribution in [-0.4, -0.2) is 42.7 Å². The highest BCUT2D eigenvalue weighted by molar-refractivity contribution is 8.30. The van der Waals surface area contributed by atoms with Gasteiger partial charge in [0.05, 0.1) is 0 Å². The van der Waals surface area contributed by atoms with E-state index in [1.807, 2.05) is 0 Å². The van der Waals surface area contributed by atoms with Gasteiger partial charge in [-0.3, -0.25) is 0 Å². The molecule has 17 heteroatoms. The summed E-state index contributed by atoms with van der Waals surface area (Å²) in [6.07, 6.45) is -6.43. The maximum Gasteiger partial charge on any atom is 0.470 e. The number of nitrogens with zero attached hydrogens (tertiary/aromatic N) is 1. The minimum atomic E-state index is -7.33. The van der Waals surface area contributed by atoms with Crippen molar-refractivity contribution in [3.63, 3.8) is 0 Å². The second-order valence-electron chi connectivity index (χ2n) is 5.14. The number of rotatable bonds is 7. The van der Waals surface area contributed by atoms with Crippen LogP contribution in [0.25, 0.3) is 0 Å².